The van der Waals surface area contributed by atoms with Gasteiger partial charge in [0.25, 0.3) is 5.91 Å². The van der Waals surface area contributed by atoms with Gasteiger partial charge in [-0.1, -0.05) is 27.7 Å². The molecule has 0 atom stereocenters. The minimum atomic E-state index is -0.181. The van der Waals surface area contributed by atoms with Crippen LogP contribution in [0.2, 0.25) is 0 Å². The zero-order valence-electron chi connectivity index (χ0n) is 11.6. The third-order valence-electron chi connectivity index (χ3n) is 2.22. The van der Waals surface area contributed by atoms with Gasteiger partial charge in [0, 0.05) is 13.1 Å². The van der Waals surface area contributed by atoms with Crippen molar-refractivity contribution in [2.75, 3.05) is 18.4 Å². The van der Waals surface area contributed by atoms with E-state index in [0.29, 0.717) is 18.1 Å². The molecule has 1 heterocycles. The number of hydrogen-bond acceptors (Lipinski definition) is 4. The number of hydrogen-bond donors (Lipinski definition) is 2. The number of amides is 1. The summed E-state index contributed by atoms with van der Waals surface area (Å²) in [6, 6.07) is 0. The predicted molar refractivity (Wildman–Crippen MR) is 72.6 cm³/mol. The first-order chi connectivity index (χ1) is 8.42. The molecule has 5 heteroatoms. The fourth-order valence-corrected chi connectivity index (χ4v) is 1.23. The van der Waals surface area contributed by atoms with Gasteiger partial charge in [0.2, 0.25) is 0 Å². The van der Waals surface area contributed by atoms with E-state index in [1.807, 2.05) is 0 Å². The van der Waals surface area contributed by atoms with Crippen LogP contribution < -0.4 is 10.6 Å². The predicted octanol–water partition coefficient (Wildman–Crippen LogP) is 2.07. The molecule has 2 N–H and O–H groups in total. The van der Waals surface area contributed by atoms with Gasteiger partial charge < -0.3 is 10.6 Å². The number of carbonyl (C=O) groups excluding carboxylic acids is 1. The number of nitrogens with zero attached hydrogens (tertiary/aromatic N) is 2. The van der Waals surface area contributed by atoms with Crippen LogP contribution in [0.15, 0.2) is 12.4 Å². The van der Waals surface area contributed by atoms with Crippen LogP contribution in [0.5, 0.6) is 0 Å². The molecule has 1 rings (SSSR count). The first-order valence-corrected chi connectivity index (χ1v) is 6.26. The summed E-state index contributed by atoms with van der Waals surface area (Å²) in [5.41, 5.74) is 0.410. The van der Waals surface area contributed by atoms with Crippen molar-refractivity contribution in [3.63, 3.8) is 0 Å². The van der Waals surface area contributed by atoms with Gasteiger partial charge in [-0.3, -0.25) is 4.79 Å². The van der Waals surface area contributed by atoms with Crippen molar-refractivity contribution in [3.8, 4) is 0 Å². The first-order valence-electron chi connectivity index (χ1n) is 6.26. The first kappa shape index (κ1) is 14.4. The lowest BCUT2D eigenvalue weighted by molar-refractivity contribution is 0.0934. The molecular formula is C13H22N4O. The maximum Gasteiger partial charge on any atom is 0.271 e. The van der Waals surface area contributed by atoms with Crippen LogP contribution in [0.1, 0.15) is 44.6 Å². The second-order valence-corrected chi connectivity index (χ2v) is 5.46. The van der Waals surface area contributed by atoms with E-state index in [-0.39, 0.29) is 11.3 Å². The van der Waals surface area contributed by atoms with Crippen molar-refractivity contribution >= 4 is 11.7 Å². The van der Waals surface area contributed by atoms with E-state index in [9.17, 15) is 4.79 Å². The quantitative estimate of drug-likeness (QED) is 0.839. The van der Waals surface area contributed by atoms with Crippen molar-refractivity contribution in [3.05, 3.63) is 18.1 Å². The molecule has 18 heavy (non-hydrogen) atoms. The highest BCUT2D eigenvalue weighted by Crippen LogP contribution is 2.10. The molecule has 0 saturated carbocycles. The maximum atomic E-state index is 11.8. The average Bonchev–Trinajstić information content (AvgIpc) is 2.33. The molecule has 0 spiro atoms. The molecule has 0 aromatic carbocycles. The number of carbonyl (C=O) groups is 1. The third kappa shape index (κ3) is 5.12. The Balaban J connectivity index is 2.54. The highest BCUT2D eigenvalue weighted by Gasteiger charge is 2.13. The number of rotatable bonds is 5. The average molecular weight is 250 g/mol. The number of anilines is 1. The lowest BCUT2D eigenvalue weighted by Crippen LogP contribution is -2.32. The van der Waals surface area contributed by atoms with E-state index in [2.05, 4.69) is 48.3 Å². The van der Waals surface area contributed by atoms with Gasteiger partial charge in [-0.15, -0.1) is 0 Å². The summed E-state index contributed by atoms with van der Waals surface area (Å²) in [5, 5.41) is 5.95. The van der Waals surface area contributed by atoms with Gasteiger partial charge in [-0.25, -0.2) is 9.97 Å². The van der Waals surface area contributed by atoms with E-state index in [0.717, 1.165) is 13.0 Å². The molecule has 0 aliphatic carbocycles. The Morgan fingerprint density at radius 2 is 2.00 bits per heavy atom. The fraction of sp³-hybridized carbons (Fsp3) is 0.615. The van der Waals surface area contributed by atoms with E-state index < -0.39 is 0 Å². The Morgan fingerprint density at radius 1 is 1.28 bits per heavy atom. The van der Waals surface area contributed by atoms with Crippen molar-refractivity contribution in [1.82, 2.24) is 15.3 Å². The van der Waals surface area contributed by atoms with Crippen molar-refractivity contribution < 1.29 is 4.79 Å². The molecule has 0 saturated heterocycles. The SMILES string of the molecule is CCCNc1cnc(C(=O)NCC(C)(C)C)cn1. The summed E-state index contributed by atoms with van der Waals surface area (Å²) >= 11 is 0. The second-order valence-electron chi connectivity index (χ2n) is 5.46. The molecule has 0 bridgehead atoms. The summed E-state index contributed by atoms with van der Waals surface area (Å²) in [6.45, 7) is 9.74. The van der Waals surface area contributed by atoms with Crippen LogP contribution in [0.25, 0.3) is 0 Å². The maximum absolute atomic E-state index is 11.8. The Labute approximate surface area is 108 Å². The van der Waals surface area contributed by atoms with Gasteiger partial charge in [-0.2, -0.15) is 0 Å². The molecule has 0 fully saturated rings. The van der Waals surface area contributed by atoms with E-state index in [1.165, 1.54) is 6.20 Å². The molecule has 100 valence electrons. The molecule has 0 aliphatic rings. The molecule has 5 nitrogen and oxygen atoms in total. The van der Waals surface area contributed by atoms with Gasteiger partial charge in [0.1, 0.15) is 11.5 Å². The van der Waals surface area contributed by atoms with E-state index >= 15 is 0 Å². The molecule has 0 unspecified atom stereocenters. The normalized spacial score (nSPS) is 11.1. The van der Waals surface area contributed by atoms with Crippen LogP contribution in [0, 0.1) is 5.41 Å². The second kappa shape index (κ2) is 6.33. The third-order valence-corrected chi connectivity index (χ3v) is 2.22. The van der Waals surface area contributed by atoms with E-state index in [4.69, 9.17) is 0 Å². The minimum Gasteiger partial charge on any atom is -0.369 e. The smallest absolute Gasteiger partial charge is 0.271 e. The summed E-state index contributed by atoms with van der Waals surface area (Å²) in [7, 11) is 0. The van der Waals surface area contributed by atoms with Crippen LogP contribution in [0.4, 0.5) is 5.82 Å². The Kier molecular flexibility index (Phi) is 5.07. The summed E-state index contributed by atoms with van der Waals surface area (Å²) in [6.07, 6.45) is 4.10. The zero-order valence-corrected chi connectivity index (χ0v) is 11.6. The summed E-state index contributed by atoms with van der Waals surface area (Å²) in [5.74, 6) is 0.517. The monoisotopic (exact) mass is 250 g/mol. The molecule has 1 amide bonds. The largest absolute Gasteiger partial charge is 0.369 e. The van der Waals surface area contributed by atoms with Crippen molar-refractivity contribution in [1.29, 1.82) is 0 Å². The van der Waals surface area contributed by atoms with Gasteiger partial charge in [0.05, 0.1) is 12.4 Å². The summed E-state index contributed by atoms with van der Waals surface area (Å²) in [4.78, 5) is 20.0. The Morgan fingerprint density at radius 3 is 2.50 bits per heavy atom. The number of nitrogens with one attached hydrogen (secondary N) is 2. The van der Waals surface area contributed by atoms with Crippen LogP contribution in [0.3, 0.4) is 0 Å². The molecular weight excluding hydrogens is 228 g/mol. The topological polar surface area (TPSA) is 66.9 Å². The highest BCUT2D eigenvalue weighted by molar-refractivity contribution is 5.92. The lowest BCUT2D eigenvalue weighted by atomic mass is 9.97. The lowest BCUT2D eigenvalue weighted by Gasteiger charge is -2.18. The van der Waals surface area contributed by atoms with E-state index in [1.54, 1.807) is 6.20 Å². The molecule has 0 aliphatic heterocycles. The number of aromatic nitrogens is 2. The van der Waals surface area contributed by atoms with Crippen LogP contribution >= 0.6 is 0 Å². The summed E-state index contributed by atoms with van der Waals surface area (Å²) < 4.78 is 0. The van der Waals surface area contributed by atoms with Gasteiger partial charge >= 0.3 is 0 Å². The Hall–Kier alpha value is -1.65. The fourth-order valence-electron chi connectivity index (χ4n) is 1.23. The van der Waals surface area contributed by atoms with Gasteiger partial charge in [-0.05, 0) is 11.8 Å². The Bertz CT molecular complexity index is 381. The minimum absolute atomic E-state index is 0.0612. The van der Waals surface area contributed by atoms with Crippen LogP contribution in [-0.2, 0) is 0 Å². The standard InChI is InChI=1S/C13H22N4O/c1-5-6-14-11-8-15-10(7-16-11)12(18)17-9-13(2,3)4/h7-8H,5-6,9H2,1-4H3,(H,14,16)(H,17,18). The molecule has 1 aromatic rings. The molecule has 0 radical (unpaired) electrons. The molecule has 1 aromatic heterocycles. The zero-order chi connectivity index (χ0) is 13.6. The van der Waals surface area contributed by atoms with Crippen molar-refractivity contribution in [2.45, 2.75) is 34.1 Å². The van der Waals surface area contributed by atoms with Crippen molar-refractivity contribution in [2.24, 2.45) is 5.41 Å². The van der Waals surface area contributed by atoms with Crippen LogP contribution in [-0.4, -0.2) is 29.0 Å². The highest BCUT2D eigenvalue weighted by atomic mass is 16.1. The van der Waals surface area contributed by atoms with Gasteiger partial charge in [0.15, 0.2) is 0 Å².